The van der Waals surface area contributed by atoms with Crippen molar-refractivity contribution in [3.05, 3.63) is 12.3 Å². The molecule has 0 aromatic carbocycles. The fourth-order valence-electron chi connectivity index (χ4n) is 8.10. The lowest BCUT2D eigenvalue weighted by atomic mass is 9.44. The fourth-order valence-corrected chi connectivity index (χ4v) is 8.10. The van der Waals surface area contributed by atoms with Gasteiger partial charge < -0.3 is 5.11 Å². The third-order valence-corrected chi connectivity index (χ3v) is 9.60. The van der Waals surface area contributed by atoms with E-state index in [2.05, 4.69) is 20.4 Å². The van der Waals surface area contributed by atoms with Crippen molar-refractivity contribution in [1.82, 2.24) is 0 Å². The molecule has 0 saturated heterocycles. The first-order chi connectivity index (χ1) is 16.4. The predicted octanol–water partition coefficient (Wildman–Crippen LogP) is 10.6. The van der Waals surface area contributed by atoms with Crippen LogP contribution in [0.2, 0.25) is 0 Å². The lowest BCUT2D eigenvalue weighted by Gasteiger charge is -2.59. The molecule has 4 rings (SSSR count). The third kappa shape index (κ3) is 6.91. The highest BCUT2D eigenvalue weighted by atomic mass is 16.3. The third-order valence-electron chi connectivity index (χ3n) is 9.60. The Morgan fingerprint density at radius 2 is 1.44 bits per heavy atom. The minimum Gasteiger partial charge on any atom is -0.513 e. The second-order valence-corrected chi connectivity index (χ2v) is 10.6. The van der Waals surface area contributed by atoms with Gasteiger partial charge in [-0.3, -0.25) is 4.79 Å². The first kappa shape index (κ1) is 33.2. The van der Waals surface area contributed by atoms with Crippen LogP contribution in [0.3, 0.4) is 0 Å². The number of aliphatic hydroxyl groups is 1. The molecule has 4 saturated carbocycles. The van der Waals surface area contributed by atoms with Gasteiger partial charge in [-0.1, -0.05) is 88.7 Å². The number of allylic oxidation sites excluding steroid dienone is 1. The van der Waals surface area contributed by atoms with Crippen LogP contribution in [-0.4, -0.2) is 10.9 Å². The Morgan fingerprint density at radius 1 is 0.853 bits per heavy atom. The molecule has 0 aromatic heterocycles. The number of carbonyl (C=O) groups is 1. The van der Waals surface area contributed by atoms with Gasteiger partial charge in [-0.15, -0.1) is 0 Å². The predicted molar refractivity (Wildman–Crippen MR) is 151 cm³/mol. The molecule has 1 N–H and O–H groups in total. The van der Waals surface area contributed by atoms with Crippen LogP contribution in [0.5, 0.6) is 0 Å². The Bertz CT molecular complexity index is 582. The van der Waals surface area contributed by atoms with E-state index in [1.54, 1.807) is 0 Å². The maximum absolute atomic E-state index is 13.3. The highest BCUT2D eigenvalue weighted by Gasteiger charge is 2.61. The Hall–Kier alpha value is -0.790. The van der Waals surface area contributed by atoms with Gasteiger partial charge >= 0.3 is 0 Å². The van der Waals surface area contributed by atoms with Gasteiger partial charge in [0, 0.05) is 18.8 Å². The molecular weight excluding hydrogens is 416 g/mol. The number of Topliss-reactive ketones (excluding diaryl/α,β-unsaturated/α-hetero) is 1. The normalized spacial score (nSPS) is 37.2. The summed E-state index contributed by atoms with van der Waals surface area (Å²) < 4.78 is 0. The van der Waals surface area contributed by atoms with Crippen molar-refractivity contribution in [3.8, 4) is 0 Å². The molecular formula is C32H62O2. The molecule has 4 aliphatic rings. The molecule has 34 heavy (non-hydrogen) atoms. The van der Waals surface area contributed by atoms with Crippen molar-refractivity contribution in [2.45, 2.75) is 146 Å². The maximum Gasteiger partial charge on any atom is 0.136 e. The molecule has 4 aliphatic carbocycles. The molecule has 0 spiro atoms. The van der Waals surface area contributed by atoms with Gasteiger partial charge in [0.15, 0.2) is 0 Å². The Kier molecular flexibility index (Phi) is 15.7. The van der Waals surface area contributed by atoms with E-state index in [0.717, 1.165) is 25.2 Å². The molecule has 2 heteroatoms. The molecule has 7 atom stereocenters. The first-order valence-corrected chi connectivity index (χ1v) is 15.3. The van der Waals surface area contributed by atoms with Crippen LogP contribution in [0, 0.1) is 40.4 Å². The molecule has 0 heterocycles. The summed E-state index contributed by atoms with van der Waals surface area (Å²) in [6.07, 6.45) is 14.4. The zero-order valence-electron chi connectivity index (χ0n) is 24.9. The first-order valence-electron chi connectivity index (χ1n) is 15.3. The lowest BCUT2D eigenvalue weighted by Crippen LogP contribution is -2.56. The molecule has 0 bridgehead atoms. The van der Waals surface area contributed by atoms with E-state index in [1.807, 2.05) is 55.4 Å². The van der Waals surface area contributed by atoms with E-state index in [0.29, 0.717) is 46.0 Å². The summed E-state index contributed by atoms with van der Waals surface area (Å²) in [7, 11) is 0. The number of carbonyl (C=O) groups excluding carboxylic acids is 1. The number of fused-ring (bicyclic) bond motifs is 5. The standard InChI is InChI=1S/C24H38O2.4C2H6/c1-16(25)7-6-9-17-10-11-19-22-20(12-14-24(17,19)3)23(2)13-5-4-8-18(23)15-21(22)26;4*1-2/h17-20,22,25H,1,4-15H2,2-3H3;4*1-2H3. The summed E-state index contributed by atoms with van der Waals surface area (Å²) in [4.78, 5) is 13.3. The number of hydrogen-bond donors (Lipinski definition) is 1. The molecule has 0 radical (unpaired) electrons. The van der Waals surface area contributed by atoms with Crippen molar-refractivity contribution in [1.29, 1.82) is 0 Å². The van der Waals surface area contributed by atoms with Crippen LogP contribution >= 0.6 is 0 Å². The van der Waals surface area contributed by atoms with Gasteiger partial charge in [-0.05, 0) is 85.9 Å². The quantitative estimate of drug-likeness (QED) is 0.408. The van der Waals surface area contributed by atoms with Crippen molar-refractivity contribution < 1.29 is 9.90 Å². The van der Waals surface area contributed by atoms with E-state index in [4.69, 9.17) is 0 Å². The van der Waals surface area contributed by atoms with Gasteiger partial charge in [-0.2, -0.15) is 0 Å². The number of ketones is 1. The average Bonchev–Trinajstić information content (AvgIpc) is 3.20. The molecule has 2 nitrogen and oxygen atoms in total. The highest BCUT2D eigenvalue weighted by Crippen LogP contribution is 2.67. The van der Waals surface area contributed by atoms with Gasteiger partial charge in [-0.25, -0.2) is 0 Å². The monoisotopic (exact) mass is 478 g/mol. The van der Waals surface area contributed by atoms with Crippen LogP contribution < -0.4 is 0 Å². The number of rotatable bonds is 4. The number of aliphatic hydroxyl groups excluding tert-OH is 1. The summed E-state index contributed by atoms with van der Waals surface area (Å²) in [5.41, 5.74) is 0.788. The smallest absolute Gasteiger partial charge is 0.136 e. The van der Waals surface area contributed by atoms with Crippen molar-refractivity contribution in [3.63, 3.8) is 0 Å². The Balaban J connectivity index is 0.00000124. The Morgan fingerprint density at radius 3 is 2.03 bits per heavy atom. The van der Waals surface area contributed by atoms with Crippen LogP contribution in [0.25, 0.3) is 0 Å². The van der Waals surface area contributed by atoms with E-state index < -0.39 is 0 Å². The zero-order valence-corrected chi connectivity index (χ0v) is 24.9. The zero-order chi connectivity index (χ0) is 26.5. The minimum absolute atomic E-state index is 0.326. The Labute approximate surface area is 214 Å². The van der Waals surface area contributed by atoms with Gasteiger partial charge in [0.25, 0.3) is 0 Å². The van der Waals surface area contributed by atoms with Gasteiger partial charge in [0.05, 0.1) is 5.76 Å². The SMILES string of the molecule is C=C(O)CCCC1CCC2C3C(=O)CC4CCCCC4(C)C3CCC12C.CC.CC.CC.CC. The second kappa shape index (κ2) is 16.1. The molecule has 0 amide bonds. The van der Waals surface area contributed by atoms with Crippen molar-refractivity contribution in [2.75, 3.05) is 0 Å². The molecule has 4 fully saturated rings. The minimum atomic E-state index is 0.326. The molecule has 202 valence electrons. The van der Waals surface area contributed by atoms with E-state index in [-0.39, 0.29) is 0 Å². The second-order valence-electron chi connectivity index (χ2n) is 10.6. The average molecular weight is 479 g/mol. The lowest BCUT2D eigenvalue weighted by molar-refractivity contribution is -0.155. The summed E-state index contributed by atoms with van der Waals surface area (Å²) in [6.45, 7) is 24.7. The van der Waals surface area contributed by atoms with Crippen LogP contribution in [0.4, 0.5) is 0 Å². The topological polar surface area (TPSA) is 37.3 Å². The largest absolute Gasteiger partial charge is 0.513 e. The summed E-state index contributed by atoms with van der Waals surface area (Å²) >= 11 is 0. The van der Waals surface area contributed by atoms with Gasteiger partial charge in [0.2, 0.25) is 0 Å². The van der Waals surface area contributed by atoms with E-state index in [1.165, 1.54) is 57.8 Å². The molecule has 0 aliphatic heterocycles. The van der Waals surface area contributed by atoms with Crippen molar-refractivity contribution >= 4 is 5.78 Å². The highest BCUT2D eigenvalue weighted by molar-refractivity contribution is 5.83. The van der Waals surface area contributed by atoms with Crippen LogP contribution in [0.1, 0.15) is 146 Å². The molecule has 7 unspecified atom stereocenters. The van der Waals surface area contributed by atoms with Gasteiger partial charge in [0.1, 0.15) is 5.78 Å². The number of hydrogen-bond acceptors (Lipinski definition) is 2. The van der Waals surface area contributed by atoms with Crippen LogP contribution in [-0.2, 0) is 4.79 Å². The summed E-state index contributed by atoms with van der Waals surface area (Å²) in [6, 6.07) is 0. The van der Waals surface area contributed by atoms with E-state index >= 15 is 0 Å². The summed E-state index contributed by atoms with van der Waals surface area (Å²) in [5, 5.41) is 9.41. The summed E-state index contributed by atoms with van der Waals surface area (Å²) in [5.74, 6) is 3.98. The van der Waals surface area contributed by atoms with Crippen LogP contribution in [0.15, 0.2) is 12.3 Å². The van der Waals surface area contributed by atoms with Crippen molar-refractivity contribution in [2.24, 2.45) is 40.4 Å². The maximum atomic E-state index is 13.3. The van der Waals surface area contributed by atoms with E-state index in [9.17, 15) is 9.90 Å². The molecule has 0 aromatic rings. The fraction of sp³-hybridized carbons (Fsp3) is 0.906.